The monoisotopic (exact) mass is 533 g/mol. The summed E-state index contributed by atoms with van der Waals surface area (Å²) in [5.74, 6) is -0.500. The highest BCUT2D eigenvalue weighted by Crippen LogP contribution is 2.43. The fraction of sp³-hybridized carbons (Fsp3) is 0.333. The zero-order chi connectivity index (χ0) is 26.6. The minimum atomic E-state index is -2.64. The van der Waals surface area contributed by atoms with E-state index in [1.54, 1.807) is 36.4 Å². The number of fused-ring (bicyclic) bond motifs is 2. The number of alkyl halides is 2. The Labute approximate surface area is 226 Å². The molecule has 4 aromatic rings. The van der Waals surface area contributed by atoms with Gasteiger partial charge in [0.05, 0.1) is 30.5 Å². The van der Waals surface area contributed by atoms with Gasteiger partial charge in [-0.2, -0.15) is 5.10 Å². The van der Waals surface area contributed by atoms with Gasteiger partial charge in [0, 0.05) is 66.5 Å². The van der Waals surface area contributed by atoms with Crippen LogP contribution in [-0.2, 0) is 25.3 Å². The number of nitrogens with two attached hydrogens (primary N) is 1. The number of aryl methyl sites for hydroxylation is 3. The molecule has 4 heterocycles. The predicted octanol–water partition coefficient (Wildman–Crippen LogP) is 6.14. The van der Waals surface area contributed by atoms with Crippen LogP contribution < -0.4 is 10.6 Å². The molecule has 204 valence electrons. The molecular weight excluding hydrogens is 500 g/mol. The van der Waals surface area contributed by atoms with Crippen LogP contribution in [0.1, 0.15) is 53.7 Å². The van der Waals surface area contributed by atoms with E-state index in [2.05, 4.69) is 22.1 Å². The molecule has 2 aromatic heterocycles. The molecule has 0 saturated carbocycles. The number of hydrogen-bond donors (Lipinski definition) is 1. The Hall–Kier alpha value is -3.98. The molecular formula is C30H33F2N5O2. The average molecular weight is 534 g/mol. The third kappa shape index (κ3) is 4.61. The van der Waals surface area contributed by atoms with Crippen LogP contribution in [0, 0.1) is 0 Å². The summed E-state index contributed by atoms with van der Waals surface area (Å²) in [5, 5.41) is 4.94. The predicted molar refractivity (Wildman–Crippen MR) is 151 cm³/mol. The topological polar surface area (TPSA) is 78.3 Å². The van der Waals surface area contributed by atoms with Crippen molar-refractivity contribution in [1.82, 2.24) is 14.3 Å². The molecule has 2 aromatic carbocycles. The summed E-state index contributed by atoms with van der Waals surface area (Å²) in [6, 6.07) is 7.58. The Kier molecular flexibility index (Phi) is 7.03. The molecule has 0 bridgehead atoms. The number of carbonyl (C=O) groups is 1. The van der Waals surface area contributed by atoms with Crippen molar-refractivity contribution < 1.29 is 18.3 Å². The van der Waals surface area contributed by atoms with E-state index in [-0.39, 0.29) is 13.0 Å². The van der Waals surface area contributed by atoms with Gasteiger partial charge in [-0.1, -0.05) is 13.5 Å². The van der Waals surface area contributed by atoms with Crippen LogP contribution in [0.3, 0.4) is 0 Å². The fourth-order valence-electron chi connectivity index (χ4n) is 5.81. The van der Waals surface area contributed by atoms with E-state index in [1.807, 2.05) is 23.7 Å². The van der Waals surface area contributed by atoms with Crippen molar-refractivity contribution in [3.8, 4) is 11.1 Å². The summed E-state index contributed by atoms with van der Waals surface area (Å²) >= 11 is 0. The number of carbonyl (C=O) groups excluding carboxylic acids is 1. The minimum Gasteiger partial charge on any atom is -0.377 e. The van der Waals surface area contributed by atoms with Crippen molar-refractivity contribution in [2.75, 3.05) is 24.7 Å². The number of hydrogen-bond acceptors (Lipinski definition) is 4. The zero-order valence-corrected chi connectivity index (χ0v) is 21.4. The molecule has 0 aliphatic carbocycles. The first-order valence-electron chi connectivity index (χ1n) is 12.7. The van der Waals surface area contributed by atoms with Gasteiger partial charge < -0.3 is 19.9 Å². The first-order valence-corrected chi connectivity index (χ1v) is 12.7. The second-order valence-corrected chi connectivity index (χ2v) is 9.99. The fourth-order valence-corrected chi connectivity index (χ4v) is 5.81. The number of anilines is 2. The number of halogens is 2. The molecule has 9 heteroatoms. The third-order valence-corrected chi connectivity index (χ3v) is 7.57. The standard InChI is InChI=1S/C29H29F2N5O2.CH4/c1-34-16-25(29(32)37)23-12-20(11-22(27(23)34)17-5-8-38-9-6-17)36-7-3-4-18-10-21(19-14-33-35(2)15-19)24(28(30)31)13-26(18)36;/h5,10-16,28H,3-4,6-9H2,1-2H3,(H2,32,37);1H4. The molecule has 39 heavy (non-hydrogen) atoms. The Bertz CT molecular complexity index is 1600. The normalized spacial score (nSPS) is 15.3. The highest BCUT2D eigenvalue weighted by atomic mass is 19.3. The molecule has 2 aliphatic rings. The molecule has 6 rings (SSSR count). The van der Waals surface area contributed by atoms with Crippen LogP contribution in [0.25, 0.3) is 27.6 Å². The van der Waals surface area contributed by atoms with Crippen molar-refractivity contribution in [3.05, 3.63) is 71.2 Å². The van der Waals surface area contributed by atoms with E-state index >= 15 is 0 Å². The summed E-state index contributed by atoms with van der Waals surface area (Å²) in [7, 11) is 3.68. The lowest BCUT2D eigenvalue weighted by Crippen LogP contribution is -2.25. The molecule has 0 saturated heterocycles. The zero-order valence-electron chi connectivity index (χ0n) is 21.4. The van der Waals surface area contributed by atoms with E-state index in [4.69, 9.17) is 10.5 Å². The van der Waals surface area contributed by atoms with Crippen LogP contribution in [0.5, 0.6) is 0 Å². The van der Waals surface area contributed by atoms with Crippen molar-refractivity contribution in [2.24, 2.45) is 19.8 Å². The van der Waals surface area contributed by atoms with Gasteiger partial charge in [-0.3, -0.25) is 9.48 Å². The Morgan fingerprint density at radius 1 is 1.10 bits per heavy atom. The first kappa shape index (κ1) is 26.6. The lowest BCUT2D eigenvalue weighted by Gasteiger charge is -2.33. The van der Waals surface area contributed by atoms with E-state index in [0.29, 0.717) is 36.4 Å². The minimum absolute atomic E-state index is 0. The maximum atomic E-state index is 14.4. The number of aromatic nitrogens is 3. The molecule has 1 amide bonds. The van der Waals surface area contributed by atoms with E-state index in [1.165, 1.54) is 0 Å². The maximum Gasteiger partial charge on any atom is 0.264 e. The van der Waals surface area contributed by atoms with Crippen LogP contribution in [0.4, 0.5) is 20.2 Å². The van der Waals surface area contributed by atoms with E-state index < -0.39 is 12.3 Å². The lowest BCUT2D eigenvalue weighted by atomic mass is 9.92. The Balaban J connectivity index is 0.00000308. The molecule has 0 fully saturated rings. The highest BCUT2D eigenvalue weighted by Gasteiger charge is 2.27. The SMILES string of the molecule is C.Cn1cc(-c2cc3c(cc2C(F)F)N(c2cc(C4=CCOCC4)c4c(c2)c(C(N)=O)cn4C)CCC3)cn1. The number of rotatable bonds is 5. The molecule has 0 radical (unpaired) electrons. The van der Waals surface area contributed by atoms with Gasteiger partial charge in [-0.05, 0) is 60.2 Å². The summed E-state index contributed by atoms with van der Waals surface area (Å²) in [6.45, 7) is 1.81. The van der Waals surface area contributed by atoms with Gasteiger partial charge in [0.2, 0.25) is 0 Å². The van der Waals surface area contributed by atoms with Crippen LogP contribution in [0.2, 0.25) is 0 Å². The molecule has 0 spiro atoms. The quantitative estimate of drug-likeness (QED) is 0.334. The van der Waals surface area contributed by atoms with Crippen molar-refractivity contribution >= 4 is 33.8 Å². The molecule has 2 aliphatic heterocycles. The van der Waals surface area contributed by atoms with Crippen molar-refractivity contribution in [3.63, 3.8) is 0 Å². The summed E-state index contributed by atoms with van der Waals surface area (Å²) in [6.07, 6.45) is 6.98. The van der Waals surface area contributed by atoms with Gasteiger partial charge in [0.15, 0.2) is 0 Å². The van der Waals surface area contributed by atoms with Crippen LogP contribution in [-0.4, -0.2) is 40.0 Å². The number of primary amides is 1. The highest BCUT2D eigenvalue weighted by molar-refractivity contribution is 6.10. The second-order valence-electron chi connectivity index (χ2n) is 9.99. The number of ether oxygens (including phenoxy) is 1. The Morgan fingerprint density at radius 3 is 2.59 bits per heavy atom. The van der Waals surface area contributed by atoms with Crippen LogP contribution in [0.15, 0.2) is 48.9 Å². The average Bonchev–Trinajstić information content (AvgIpc) is 3.50. The maximum absolute atomic E-state index is 14.4. The van der Waals surface area contributed by atoms with E-state index in [0.717, 1.165) is 58.2 Å². The van der Waals surface area contributed by atoms with Gasteiger partial charge in [0.25, 0.3) is 12.3 Å². The van der Waals surface area contributed by atoms with Gasteiger partial charge in [0.1, 0.15) is 0 Å². The largest absolute Gasteiger partial charge is 0.377 e. The first-order chi connectivity index (χ1) is 18.3. The summed E-state index contributed by atoms with van der Waals surface area (Å²) in [4.78, 5) is 14.5. The van der Waals surface area contributed by atoms with Crippen LogP contribution >= 0.6 is 0 Å². The smallest absolute Gasteiger partial charge is 0.264 e. The Morgan fingerprint density at radius 2 is 1.92 bits per heavy atom. The number of amides is 1. The van der Waals surface area contributed by atoms with Gasteiger partial charge >= 0.3 is 0 Å². The molecule has 0 atom stereocenters. The molecule has 2 N–H and O–H groups in total. The number of nitrogens with zero attached hydrogens (tertiary/aromatic N) is 4. The summed E-state index contributed by atoms with van der Waals surface area (Å²) in [5.41, 5.74) is 13.1. The molecule has 7 nitrogen and oxygen atoms in total. The lowest BCUT2D eigenvalue weighted by molar-refractivity contribution is 0.100. The van der Waals surface area contributed by atoms with E-state index in [9.17, 15) is 13.6 Å². The second kappa shape index (κ2) is 10.3. The molecule has 0 unspecified atom stereocenters. The van der Waals surface area contributed by atoms with Gasteiger partial charge in [-0.25, -0.2) is 8.78 Å². The van der Waals surface area contributed by atoms with Gasteiger partial charge in [-0.15, -0.1) is 0 Å². The van der Waals surface area contributed by atoms with Crippen molar-refractivity contribution in [2.45, 2.75) is 33.1 Å². The van der Waals surface area contributed by atoms with Crippen molar-refractivity contribution in [1.29, 1.82) is 0 Å². The number of benzene rings is 2. The third-order valence-electron chi connectivity index (χ3n) is 7.57. The summed E-state index contributed by atoms with van der Waals surface area (Å²) < 4.78 is 37.8.